The summed E-state index contributed by atoms with van der Waals surface area (Å²) in [4.78, 5) is 0. The number of nitrogens with zero attached hydrogens (tertiary/aromatic N) is 1. The van der Waals surface area contributed by atoms with Gasteiger partial charge in [-0.3, -0.25) is 0 Å². The molecule has 0 radical (unpaired) electrons. The van der Waals surface area contributed by atoms with Crippen molar-refractivity contribution in [3.05, 3.63) is 42.0 Å². The summed E-state index contributed by atoms with van der Waals surface area (Å²) in [5, 5.41) is 22.5. The normalized spacial score (nSPS) is 29.8. The van der Waals surface area contributed by atoms with E-state index >= 15 is 0 Å². The molecule has 5 rings (SSSR count). The lowest BCUT2D eigenvalue weighted by atomic mass is 9.19. The van der Waals surface area contributed by atoms with Crippen molar-refractivity contribution in [2.75, 3.05) is 7.11 Å². The zero-order valence-electron chi connectivity index (χ0n) is 12.6. The summed E-state index contributed by atoms with van der Waals surface area (Å²) in [6.45, 7) is 0.157. The van der Waals surface area contributed by atoms with Crippen LogP contribution < -0.4 is 4.74 Å². The number of hydrogen-bond acceptors (Lipinski definition) is 3. The molecule has 2 aromatic carbocycles. The number of aliphatic hydroxyl groups is 1. The maximum atomic E-state index is 11.1. The lowest BCUT2D eigenvalue weighted by Gasteiger charge is -2.51. The number of ether oxygens (including phenoxy) is 1. The maximum Gasteiger partial charge on any atom is 0.274 e. The van der Waals surface area contributed by atoms with Crippen LogP contribution in [0.15, 0.2) is 36.4 Å². The van der Waals surface area contributed by atoms with E-state index in [1.807, 2.05) is 30.3 Å². The van der Waals surface area contributed by atoms with Crippen molar-refractivity contribution in [3.63, 3.8) is 0 Å². The summed E-state index contributed by atoms with van der Waals surface area (Å²) >= 11 is 0. The van der Waals surface area contributed by atoms with Gasteiger partial charge in [-0.15, -0.1) is 0 Å². The molecule has 1 N–H and O–H groups in total. The Hall–Kier alpha value is -1.99. The Bertz CT molecular complexity index is 770. The van der Waals surface area contributed by atoms with Gasteiger partial charge in [0.1, 0.15) is 5.75 Å². The van der Waals surface area contributed by atoms with Gasteiger partial charge in [0, 0.05) is 5.97 Å². The molecule has 0 amide bonds. The Morgan fingerprint density at radius 1 is 1.18 bits per heavy atom. The van der Waals surface area contributed by atoms with E-state index < -0.39 is 5.60 Å². The maximum absolute atomic E-state index is 11.1. The topological polar surface area (TPSA) is 53.2 Å². The lowest BCUT2D eigenvalue weighted by molar-refractivity contribution is -0.0112. The van der Waals surface area contributed by atoms with Gasteiger partial charge in [0.2, 0.25) is 0 Å². The predicted octanol–water partition coefficient (Wildman–Crippen LogP) is 3.53. The van der Waals surface area contributed by atoms with Crippen LogP contribution in [0.1, 0.15) is 24.8 Å². The Labute approximate surface area is 130 Å². The summed E-state index contributed by atoms with van der Waals surface area (Å²) < 4.78 is 5.25. The van der Waals surface area contributed by atoms with Crippen LogP contribution in [-0.4, -0.2) is 18.9 Å². The van der Waals surface area contributed by atoms with Crippen LogP contribution in [0, 0.1) is 11.2 Å². The lowest BCUT2D eigenvalue weighted by Crippen LogP contribution is -2.50. The fraction of sp³-hybridized carbons (Fsp3) is 0.389. The van der Waals surface area contributed by atoms with Crippen LogP contribution in [0.25, 0.3) is 10.8 Å². The number of fused-ring (bicyclic) bond motifs is 3. The average Bonchev–Trinajstić information content (AvgIpc) is 2.54. The minimum absolute atomic E-state index is 0.157. The summed E-state index contributed by atoms with van der Waals surface area (Å²) in [6, 6.07) is 12.1. The molecule has 2 saturated heterocycles. The number of benzene rings is 2. The van der Waals surface area contributed by atoms with Gasteiger partial charge in [0.25, 0.3) is 6.71 Å². The molecule has 3 nitrogen and oxygen atoms in total. The van der Waals surface area contributed by atoms with Gasteiger partial charge in [0.05, 0.1) is 12.7 Å². The molecule has 2 aliphatic heterocycles. The minimum atomic E-state index is -0.769. The molecule has 0 spiro atoms. The molecule has 0 aromatic heterocycles. The molecule has 110 valence electrons. The van der Waals surface area contributed by atoms with E-state index in [0.717, 1.165) is 28.5 Å². The van der Waals surface area contributed by atoms with Crippen molar-refractivity contribution in [3.8, 4) is 11.7 Å². The van der Waals surface area contributed by atoms with E-state index in [4.69, 9.17) is 4.74 Å². The molecular weight excluding hydrogens is 273 g/mol. The van der Waals surface area contributed by atoms with Crippen LogP contribution in [0.3, 0.4) is 0 Å². The third-order valence-electron chi connectivity index (χ3n) is 5.55. The van der Waals surface area contributed by atoms with Crippen molar-refractivity contribution in [1.82, 2.24) is 0 Å². The zero-order valence-corrected chi connectivity index (χ0v) is 12.6. The molecular formula is C18H18BNO2. The summed E-state index contributed by atoms with van der Waals surface area (Å²) in [7, 11) is 1.66. The van der Waals surface area contributed by atoms with E-state index in [9.17, 15) is 10.4 Å². The third kappa shape index (κ3) is 1.93. The number of hydrogen-bond donors (Lipinski definition) is 1. The van der Waals surface area contributed by atoms with E-state index in [2.05, 4.69) is 12.0 Å². The molecule has 4 heteroatoms. The van der Waals surface area contributed by atoms with Crippen LogP contribution in [0.4, 0.5) is 0 Å². The molecule has 2 unspecified atom stereocenters. The molecule has 2 heterocycles. The quantitative estimate of drug-likeness (QED) is 0.861. The SMILES string of the molecule is COc1ccc2cc(C3(O)CC4CC(C3)B4C#N)ccc2c1. The van der Waals surface area contributed by atoms with Gasteiger partial charge in [0.15, 0.2) is 0 Å². The van der Waals surface area contributed by atoms with Crippen molar-refractivity contribution in [1.29, 1.82) is 5.26 Å². The summed E-state index contributed by atoms with van der Waals surface area (Å²) in [6.07, 6.45) is 2.53. The van der Waals surface area contributed by atoms with E-state index in [1.54, 1.807) is 7.11 Å². The third-order valence-corrected chi connectivity index (χ3v) is 5.55. The second-order valence-corrected chi connectivity index (χ2v) is 6.78. The fourth-order valence-electron chi connectivity index (χ4n) is 4.33. The van der Waals surface area contributed by atoms with Crippen molar-refractivity contribution in [2.24, 2.45) is 0 Å². The fourth-order valence-corrected chi connectivity index (χ4v) is 4.33. The molecule has 1 saturated carbocycles. The number of rotatable bonds is 2. The minimum Gasteiger partial charge on any atom is -0.497 e. The molecule has 22 heavy (non-hydrogen) atoms. The van der Waals surface area contributed by atoms with E-state index in [-0.39, 0.29) is 6.71 Å². The van der Waals surface area contributed by atoms with Gasteiger partial charge < -0.3 is 9.84 Å². The highest BCUT2D eigenvalue weighted by Crippen LogP contribution is 2.59. The second-order valence-electron chi connectivity index (χ2n) is 6.78. The number of nitriles is 1. The van der Waals surface area contributed by atoms with E-state index in [0.29, 0.717) is 24.5 Å². The van der Waals surface area contributed by atoms with Gasteiger partial charge >= 0.3 is 0 Å². The standard InChI is InChI=1S/C18H18BNO2/c1-22-17-5-3-12-6-14(4-2-13(12)7-17)18(21)9-15-8-16(10-18)19(15)11-20/h2-7,15-16,21H,8-10H2,1H3. The first-order valence-corrected chi connectivity index (χ1v) is 7.83. The highest BCUT2D eigenvalue weighted by molar-refractivity contribution is 6.73. The van der Waals surface area contributed by atoms with Gasteiger partial charge in [-0.1, -0.05) is 24.6 Å². The van der Waals surface area contributed by atoms with Gasteiger partial charge in [-0.2, -0.15) is 0 Å². The highest BCUT2D eigenvalue weighted by atomic mass is 16.5. The van der Waals surface area contributed by atoms with Crippen LogP contribution >= 0.6 is 0 Å². The second kappa shape index (κ2) is 4.76. The Morgan fingerprint density at radius 2 is 1.86 bits per heavy atom. The average molecular weight is 291 g/mol. The molecule has 3 fully saturated rings. The first kappa shape index (κ1) is 13.7. The van der Waals surface area contributed by atoms with Gasteiger partial charge in [-0.05, 0) is 59.0 Å². The Morgan fingerprint density at radius 3 is 2.55 bits per heavy atom. The largest absolute Gasteiger partial charge is 0.497 e. The zero-order chi connectivity index (χ0) is 15.3. The highest BCUT2D eigenvalue weighted by Gasteiger charge is 2.56. The Kier molecular flexibility index (Phi) is 2.95. The Balaban J connectivity index is 1.68. The van der Waals surface area contributed by atoms with Gasteiger partial charge in [-0.25, -0.2) is 5.26 Å². The monoisotopic (exact) mass is 291 g/mol. The number of methoxy groups -OCH3 is 1. The van der Waals surface area contributed by atoms with Crippen LogP contribution in [0.2, 0.25) is 11.6 Å². The summed E-state index contributed by atoms with van der Waals surface area (Å²) in [5.74, 6) is 3.98. The smallest absolute Gasteiger partial charge is 0.274 e. The molecule has 2 atom stereocenters. The van der Waals surface area contributed by atoms with Crippen molar-refractivity contribution >= 4 is 17.5 Å². The molecule has 3 aliphatic rings. The van der Waals surface area contributed by atoms with Crippen LogP contribution in [-0.2, 0) is 5.60 Å². The first-order chi connectivity index (χ1) is 10.6. The van der Waals surface area contributed by atoms with E-state index in [1.165, 1.54) is 0 Å². The van der Waals surface area contributed by atoms with Crippen molar-refractivity contribution in [2.45, 2.75) is 36.5 Å². The first-order valence-electron chi connectivity index (χ1n) is 7.83. The molecule has 1 aliphatic carbocycles. The molecule has 2 aromatic rings. The molecule has 2 bridgehead atoms. The van der Waals surface area contributed by atoms with Crippen molar-refractivity contribution < 1.29 is 9.84 Å². The summed E-state index contributed by atoms with van der Waals surface area (Å²) in [5.41, 5.74) is 0.214. The van der Waals surface area contributed by atoms with Crippen LogP contribution in [0.5, 0.6) is 5.75 Å². The predicted molar refractivity (Wildman–Crippen MR) is 87.1 cm³/mol.